The third kappa shape index (κ3) is 2.32. The maximum Gasteiger partial charge on any atom is 0.146 e. The topological polar surface area (TPSA) is 41.1 Å². The van der Waals surface area contributed by atoms with Gasteiger partial charge < -0.3 is 5.32 Å². The Hall–Kier alpha value is -0.650. The minimum Gasteiger partial charge on any atom is -0.312 e. The first-order valence-electron chi connectivity index (χ1n) is 6.18. The molecule has 0 amide bonds. The van der Waals surface area contributed by atoms with E-state index in [4.69, 9.17) is 4.98 Å². The molecule has 1 atom stereocenters. The molecule has 1 N–H and O–H groups in total. The zero-order valence-corrected chi connectivity index (χ0v) is 11.0. The highest BCUT2D eigenvalue weighted by atomic mass is 32.2. The molecule has 0 aromatic carbocycles. The number of hydrogen-bond acceptors (Lipinski definition) is 5. The summed E-state index contributed by atoms with van der Waals surface area (Å²) in [4.78, 5) is 11.7. The summed E-state index contributed by atoms with van der Waals surface area (Å²) in [7, 11) is 2.18. The smallest absolute Gasteiger partial charge is 0.146 e. The Kier molecular flexibility index (Phi) is 3.31. The van der Waals surface area contributed by atoms with Gasteiger partial charge >= 0.3 is 0 Å². The van der Waals surface area contributed by atoms with Gasteiger partial charge in [0.1, 0.15) is 5.82 Å². The Labute approximate surface area is 106 Å². The van der Waals surface area contributed by atoms with Crippen LogP contribution < -0.4 is 5.32 Å². The molecule has 5 heteroatoms. The molecular weight excluding hydrogens is 232 g/mol. The maximum atomic E-state index is 4.78. The number of nitrogens with one attached hydrogen (secondary N) is 1. The Morgan fingerprint density at radius 1 is 1.53 bits per heavy atom. The monoisotopic (exact) mass is 250 g/mol. The predicted octanol–water partition coefficient (Wildman–Crippen LogP) is 0.842. The minimum atomic E-state index is 0.397. The molecule has 1 aromatic heterocycles. The molecule has 1 unspecified atom stereocenters. The van der Waals surface area contributed by atoms with Crippen LogP contribution in [0.4, 0.5) is 0 Å². The van der Waals surface area contributed by atoms with Crippen LogP contribution in [0.1, 0.15) is 23.1 Å². The summed E-state index contributed by atoms with van der Waals surface area (Å²) in [6.07, 6.45) is 3.05. The molecule has 17 heavy (non-hydrogen) atoms. The van der Waals surface area contributed by atoms with E-state index in [1.54, 1.807) is 0 Å². The fourth-order valence-corrected chi connectivity index (χ4v) is 3.58. The lowest BCUT2D eigenvalue weighted by molar-refractivity contribution is 0.263. The molecule has 1 aromatic rings. The lowest BCUT2D eigenvalue weighted by Crippen LogP contribution is -2.34. The van der Waals surface area contributed by atoms with Crippen LogP contribution >= 0.6 is 11.8 Å². The van der Waals surface area contributed by atoms with Gasteiger partial charge in [-0.3, -0.25) is 4.90 Å². The molecule has 0 saturated carbocycles. The van der Waals surface area contributed by atoms with Crippen LogP contribution in [0.3, 0.4) is 0 Å². The van der Waals surface area contributed by atoms with Gasteiger partial charge in [-0.2, -0.15) is 11.8 Å². The predicted molar refractivity (Wildman–Crippen MR) is 70.1 cm³/mol. The fraction of sp³-hybridized carbons (Fsp3) is 0.667. The summed E-state index contributed by atoms with van der Waals surface area (Å²) in [5, 5.41) is 3.35. The second-order valence-corrected chi connectivity index (χ2v) is 5.85. The summed E-state index contributed by atoms with van der Waals surface area (Å²) in [5.74, 6) is 3.36. The van der Waals surface area contributed by atoms with E-state index in [9.17, 15) is 0 Å². The van der Waals surface area contributed by atoms with Crippen LogP contribution in [0.2, 0.25) is 0 Å². The van der Waals surface area contributed by atoms with Crippen molar-refractivity contribution < 1.29 is 0 Å². The highest BCUT2D eigenvalue weighted by Crippen LogP contribution is 2.26. The highest BCUT2D eigenvalue weighted by Gasteiger charge is 2.24. The largest absolute Gasteiger partial charge is 0.312 e. The van der Waals surface area contributed by atoms with Crippen molar-refractivity contribution in [2.75, 3.05) is 31.6 Å². The van der Waals surface area contributed by atoms with Crippen molar-refractivity contribution in [3.8, 4) is 0 Å². The van der Waals surface area contributed by atoms with Crippen molar-refractivity contribution in [3.63, 3.8) is 0 Å². The highest BCUT2D eigenvalue weighted by molar-refractivity contribution is 7.99. The van der Waals surface area contributed by atoms with Crippen LogP contribution in [0, 0.1) is 0 Å². The molecule has 2 aliphatic heterocycles. The zero-order valence-electron chi connectivity index (χ0n) is 10.1. The summed E-state index contributed by atoms with van der Waals surface area (Å²) in [6.45, 7) is 3.10. The van der Waals surface area contributed by atoms with Gasteiger partial charge in [-0.25, -0.2) is 9.97 Å². The van der Waals surface area contributed by atoms with E-state index in [1.165, 1.54) is 17.0 Å². The molecule has 0 aliphatic carbocycles. The molecule has 1 fully saturated rings. The van der Waals surface area contributed by atoms with Gasteiger partial charge in [0.25, 0.3) is 0 Å². The van der Waals surface area contributed by atoms with Crippen molar-refractivity contribution in [1.29, 1.82) is 0 Å². The molecule has 0 spiro atoms. The summed E-state index contributed by atoms with van der Waals surface area (Å²) >= 11 is 2.00. The SMILES string of the molecule is CN1CCSCC1c1ncc2c(n1)CCNC2. The normalized spacial score (nSPS) is 25.6. The van der Waals surface area contributed by atoms with E-state index in [1.807, 2.05) is 18.0 Å². The Balaban J connectivity index is 1.87. The maximum absolute atomic E-state index is 4.78. The van der Waals surface area contributed by atoms with Gasteiger partial charge in [-0.15, -0.1) is 0 Å². The average molecular weight is 250 g/mol. The summed E-state index contributed by atoms with van der Waals surface area (Å²) in [6, 6.07) is 0.397. The molecule has 3 heterocycles. The van der Waals surface area contributed by atoms with E-state index in [2.05, 4.69) is 22.2 Å². The van der Waals surface area contributed by atoms with Crippen LogP contribution in [-0.2, 0) is 13.0 Å². The van der Waals surface area contributed by atoms with Crippen molar-refractivity contribution in [3.05, 3.63) is 23.3 Å². The van der Waals surface area contributed by atoms with Crippen LogP contribution in [-0.4, -0.2) is 46.5 Å². The molecule has 1 saturated heterocycles. The second-order valence-electron chi connectivity index (χ2n) is 4.70. The van der Waals surface area contributed by atoms with Crippen molar-refractivity contribution in [2.24, 2.45) is 0 Å². The molecule has 0 radical (unpaired) electrons. The van der Waals surface area contributed by atoms with Gasteiger partial charge in [0.2, 0.25) is 0 Å². The molecule has 2 aliphatic rings. The first-order chi connectivity index (χ1) is 8.34. The number of rotatable bonds is 1. The summed E-state index contributed by atoms with van der Waals surface area (Å²) in [5.41, 5.74) is 2.52. The van der Waals surface area contributed by atoms with E-state index in [0.29, 0.717) is 6.04 Å². The van der Waals surface area contributed by atoms with Gasteiger partial charge in [0, 0.05) is 55.0 Å². The minimum absolute atomic E-state index is 0.397. The quantitative estimate of drug-likeness (QED) is 0.800. The van der Waals surface area contributed by atoms with Crippen LogP contribution in [0.5, 0.6) is 0 Å². The van der Waals surface area contributed by atoms with Gasteiger partial charge in [-0.1, -0.05) is 0 Å². The third-order valence-corrected chi connectivity index (χ3v) is 4.54. The number of aromatic nitrogens is 2. The Morgan fingerprint density at radius 2 is 2.47 bits per heavy atom. The average Bonchev–Trinajstić information content (AvgIpc) is 2.39. The number of fused-ring (bicyclic) bond motifs is 1. The van der Waals surface area contributed by atoms with E-state index in [-0.39, 0.29) is 0 Å². The summed E-state index contributed by atoms with van der Waals surface area (Å²) < 4.78 is 0. The van der Waals surface area contributed by atoms with Gasteiger partial charge in [0.05, 0.1) is 6.04 Å². The molecule has 92 valence electrons. The Bertz CT molecular complexity index is 409. The number of nitrogens with zero attached hydrogens (tertiary/aromatic N) is 3. The van der Waals surface area contributed by atoms with Crippen molar-refractivity contribution in [1.82, 2.24) is 20.2 Å². The first-order valence-corrected chi connectivity index (χ1v) is 7.33. The lowest BCUT2D eigenvalue weighted by Gasteiger charge is -2.31. The zero-order chi connectivity index (χ0) is 11.7. The van der Waals surface area contributed by atoms with Gasteiger partial charge in [-0.05, 0) is 7.05 Å². The molecule has 3 rings (SSSR count). The van der Waals surface area contributed by atoms with E-state index < -0.39 is 0 Å². The van der Waals surface area contributed by atoms with Crippen molar-refractivity contribution >= 4 is 11.8 Å². The molecule has 0 bridgehead atoms. The molecular formula is C12H18N4S. The standard InChI is InChI=1S/C12H18N4S/c1-16-4-5-17-8-11(16)12-14-7-9-6-13-3-2-10(9)15-12/h7,11,13H,2-6,8H2,1H3. The second kappa shape index (κ2) is 4.92. The molecule has 4 nitrogen and oxygen atoms in total. The van der Waals surface area contributed by atoms with E-state index >= 15 is 0 Å². The Morgan fingerprint density at radius 3 is 3.35 bits per heavy atom. The number of thioether (sulfide) groups is 1. The third-order valence-electron chi connectivity index (χ3n) is 3.52. The lowest BCUT2D eigenvalue weighted by atomic mass is 10.1. The van der Waals surface area contributed by atoms with E-state index in [0.717, 1.165) is 37.6 Å². The van der Waals surface area contributed by atoms with Crippen molar-refractivity contribution in [2.45, 2.75) is 19.0 Å². The number of hydrogen-bond donors (Lipinski definition) is 1. The van der Waals surface area contributed by atoms with Gasteiger partial charge in [0.15, 0.2) is 0 Å². The van der Waals surface area contributed by atoms with Crippen LogP contribution in [0.15, 0.2) is 6.20 Å². The van der Waals surface area contributed by atoms with Crippen LogP contribution in [0.25, 0.3) is 0 Å². The first kappa shape index (κ1) is 11.4. The fourth-order valence-electron chi connectivity index (χ4n) is 2.37.